The van der Waals surface area contributed by atoms with Gasteiger partial charge in [0.1, 0.15) is 11.6 Å². The first-order valence-corrected chi connectivity index (χ1v) is 4.60. The van der Waals surface area contributed by atoms with Gasteiger partial charge in [0.2, 0.25) is 0 Å². The van der Waals surface area contributed by atoms with Gasteiger partial charge in [-0.15, -0.1) is 0 Å². The number of hydrogen-bond donors (Lipinski definition) is 1. The fraction of sp³-hybridized carbons (Fsp3) is 0.455. The van der Waals surface area contributed by atoms with Crippen molar-refractivity contribution in [1.82, 2.24) is 0 Å². The predicted octanol–water partition coefficient (Wildman–Crippen LogP) is 2.67. The van der Waals surface area contributed by atoms with Crippen LogP contribution in [-0.4, -0.2) is 10.7 Å². The fourth-order valence-corrected chi connectivity index (χ4v) is 1.28. The Bertz CT molecular complexity index is 301. The first kappa shape index (κ1) is 11.1. The van der Waals surface area contributed by atoms with E-state index in [4.69, 9.17) is 0 Å². The minimum absolute atomic E-state index is 0.262. The highest BCUT2D eigenvalue weighted by Gasteiger charge is 2.18. The van der Waals surface area contributed by atoms with E-state index in [1.807, 2.05) is 6.92 Å². The third-order valence-corrected chi connectivity index (χ3v) is 2.27. The minimum atomic E-state index is -0.903. The molecular weight excluding hydrogens is 186 g/mol. The maximum Gasteiger partial charge on any atom is 0.126 e. The van der Waals surface area contributed by atoms with Crippen molar-refractivity contribution in [2.75, 3.05) is 0 Å². The van der Waals surface area contributed by atoms with Gasteiger partial charge in [-0.05, 0) is 31.0 Å². The second-order valence-electron chi connectivity index (χ2n) is 3.80. The van der Waals surface area contributed by atoms with Gasteiger partial charge in [0, 0.05) is 12.5 Å². The average Bonchev–Trinajstić information content (AvgIpc) is 2.01. The second-order valence-corrected chi connectivity index (χ2v) is 3.80. The van der Waals surface area contributed by atoms with E-state index in [0.29, 0.717) is 12.0 Å². The summed E-state index contributed by atoms with van der Waals surface area (Å²) < 4.78 is 25.6. The molecule has 0 aliphatic heterocycles. The Morgan fingerprint density at radius 3 is 2.14 bits per heavy atom. The van der Waals surface area contributed by atoms with Gasteiger partial charge in [0.05, 0.1) is 5.60 Å². The van der Waals surface area contributed by atoms with Crippen LogP contribution in [0.25, 0.3) is 0 Å². The molecule has 0 heterocycles. The van der Waals surface area contributed by atoms with Crippen molar-refractivity contribution in [2.24, 2.45) is 0 Å². The van der Waals surface area contributed by atoms with Gasteiger partial charge in [-0.1, -0.05) is 6.92 Å². The van der Waals surface area contributed by atoms with Crippen LogP contribution in [0.5, 0.6) is 0 Å². The summed E-state index contributed by atoms with van der Waals surface area (Å²) in [6.07, 6.45) is 0.809. The van der Waals surface area contributed by atoms with E-state index in [2.05, 4.69) is 0 Å². The normalized spacial score (nSPS) is 15.2. The van der Waals surface area contributed by atoms with Crippen molar-refractivity contribution in [1.29, 1.82) is 0 Å². The van der Waals surface area contributed by atoms with E-state index in [0.717, 1.165) is 6.07 Å². The average molecular weight is 200 g/mol. The molecule has 0 saturated heterocycles. The molecule has 14 heavy (non-hydrogen) atoms. The lowest BCUT2D eigenvalue weighted by Crippen LogP contribution is -2.25. The molecule has 0 radical (unpaired) electrons. The summed E-state index contributed by atoms with van der Waals surface area (Å²) in [5.41, 5.74) is -0.422. The summed E-state index contributed by atoms with van der Waals surface area (Å²) >= 11 is 0. The van der Waals surface area contributed by atoms with Crippen LogP contribution in [0.15, 0.2) is 18.2 Å². The van der Waals surface area contributed by atoms with Gasteiger partial charge in [0.15, 0.2) is 0 Å². The standard InChI is InChI=1S/C11H14F2O/c1-3-11(2,14)7-8-4-9(12)6-10(13)5-8/h4-6,14H,3,7H2,1-2H3. The molecule has 0 aliphatic carbocycles. The van der Waals surface area contributed by atoms with Crippen LogP contribution < -0.4 is 0 Å². The maximum absolute atomic E-state index is 12.8. The first-order valence-electron chi connectivity index (χ1n) is 4.60. The molecule has 0 aromatic heterocycles. The van der Waals surface area contributed by atoms with Crippen LogP contribution in [-0.2, 0) is 6.42 Å². The zero-order valence-corrected chi connectivity index (χ0v) is 8.35. The van der Waals surface area contributed by atoms with Crippen molar-refractivity contribution in [3.63, 3.8) is 0 Å². The molecule has 1 N–H and O–H groups in total. The largest absolute Gasteiger partial charge is 0.390 e. The summed E-state index contributed by atoms with van der Waals surface area (Å²) in [7, 11) is 0. The van der Waals surface area contributed by atoms with Gasteiger partial charge in [0.25, 0.3) is 0 Å². The SMILES string of the molecule is CCC(C)(O)Cc1cc(F)cc(F)c1. The van der Waals surface area contributed by atoms with E-state index in [-0.39, 0.29) is 6.42 Å². The number of hydrogen-bond acceptors (Lipinski definition) is 1. The third-order valence-electron chi connectivity index (χ3n) is 2.27. The fourth-order valence-electron chi connectivity index (χ4n) is 1.28. The van der Waals surface area contributed by atoms with E-state index < -0.39 is 17.2 Å². The topological polar surface area (TPSA) is 20.2 Å². The van der Waals surface area contributed by atoms with Gasteiger partial charge in [-0.25, -0.2) is 8.78 Å². The molecule has 1 aromatic carbocycles. The molecule has 0 fully saturated rings. The van der Waals surface area contributed by atoms with Crippen LogP contribution in [0.3, 0.4) is 0 Å². The van der Waals surface area contributed by atoms with Crippen molar-refractivity contribution >= 4 is 0 Å². The highest BCUT2D eigenvalue weighted by Crippen LogP contribution is 2.18. The molecule has 3 heteroatoms. The van der Waals surface area contributed by atoms with Gasteiger partial charge < -0.3 is 5.11 Å². The van der Waals surface area contributed by atoms with Gasteiger partial charge in [-0.3, -0.25) is 0 Å². The first-order chi connectivity index (χ1) is 6.43. The monoisotopic (exact) mass is 200 g/mol. The number of rotatable bonds is 3. The van der Waals surface area contributed by atoms with Crippen LogP contribution in [0.2, 0.25) is 0 Å². The van der Waals surface area contributed by atoms with Gasteiger partial charge >= 0.3 is 0 Å². The molecule has 0 aliphatic rings. The lowest BCUT2D eigenvalue weighted by Gasteiger charge is -2.21. The Morgan fingerprint density at radius 2 is 1.71 bits per heavy atom. The summed E-state index contributed by atoms with van der Waals surface area (Å²) in [4.78, 5) is 0. The molecule has 1 atom stereocenters. The van der Waals surface area contributed by atoms with E-state index in [1.165, 1.54) is 12.1 Å². The quantitative estimate of drug-likeness (QED) is 0.795. The molecule has 1 rings (SSSR count). The number of aliphatic hydroxyl groups is 1. The van der Waals surface area contributed by atoms with E-state index in [1.54, 1.807) is 6.92 Å². The maximum atomic E-state index is 12.8. The van der Waals surface area contributed by atoms with E-state index >= 15 is 0 Å². The summed E-state index contributed by atoms with van der Waals surface area (Å²) in [5, 5.41) is 9.71. The Balaban J connectivity index is 2.87. The zero-order valence-electron chi connectivity index (χ0n) is 8.35. The van der Waals surface area contributed by atoms with Crippen molar-refractivity contribution in [3.05, 3.63) is 35.4 Å². The predicted molar refractivity (Wildman–Crippen MR) is 51.0 cm³/mol. The molecule has 0 saturated carbocycles. The molecule has 1 unspecified atom stereocenters. The highest BCUT2D eigenvalue weighted by atomic mass is 19.1. The Hall–Kier alpha value is -0.960. The Kier molecular flexibility index (Phi) is 3.21. The van der Waals surface area contributed by atoms with Crippen molar-refractivity contribution < 1.29 is 13.9 Å². The molecule has 0 bridgehead atoms. The van der Waals surface area contributed by atoms with Crippen LogP contribution in [0.4, 0.5) is 8.78 Å². The van der Waals surface area contributed by atoms with Crippen LogP contribution in [0, 0.1) is 11.6 Å². The highest BCUT2D eigenvalue weighted by molar-refractivity contribution is 5.19. The lowest BCUT2D eigenvalue weighted by molar-refractivity contribution is 0.0563. The molecular formula is C11H14F2O. The smallest absolute Gasteiger partial charge is 0.126 e. The Morgan fingerprint density at radius 1 is 1.21 bits per heavy atom. The molecule has 0 spiro atoms. The molecule has 1 aromatic rings. The second kappa shape index (κ2) is 4.05. The third kappa shape index (κ3) is 3.07. The van der Waals surface area contributed by atoms with Crippen LogP contribution in [0.1, 0.15) is 25.8 Å². The van der Waals surface area contributed by atoms with Crippen molar-refractivity contribution in [2.45, 2.75) is 32.3 Å². The Labute approximate surface area is 82.4 Å². The summed E-state index contributed by atoms with van der Waals surface area (Å²) in [5.74, 6) is -1.21. The number of benzene rings is 1. The van der Waals surface area contributed by atoms with E-state index in [9.17, 15) is 13.9 Å². The number of halogens is 2. The molecule has 0 amide bonds. The summed E-state index contributed by atoms with van der Waals surface area (Å²) in [6.45, 7) is 3.48. The van der Waals surface area contributed by atoms with Crippen LogP contribution >= 0.6 is 0 Å². The lowest BCUT2D eigenvalue weighted by atomic mass is 9.94. The minimum Gasteiger partial charge on any atom is -0.390 e. The summed E-state index contributed by atoms with van der Waals surface area (Å²) in [6, 6.07) is 3.31. The zero-order chi connectivity index (χ0) is 10.8. The molecule has 1 nitrogen and oxygen atoms in total. The van der Waals surface area contributed by atoms with Crippen molar-refractivity contribution in [3.8, 4) is 0 Å². The van der Waals surface area contributed by atoms with Gasteiger partial charge in [-0.2, -0.15) is 0 Å². The molecule has 78 valence electrons.